The van der Waals surface area contributed by atoms with Crippen LogP contribution in [0.25, 0.3) is 0 Å². The van der Waals surface area contributed by atoms with E-state index < -0.39 is 0 Å². The molecule has 1 rings (SSSR count). The summed E-state index contributed by atoms with van der Waals surface area (Å²) in [4.78, 5) is 2.33. The molecule has 2 nitrogen and oxygen atoms in total. The predicted octanol–water partition coefficient (Wildman–Crippen LogP) is 3.46. The van der Waals surface area contributed by atoms with Gasteiger partial charge in [0.05, 0.1) is 6.10 Å². The summed E-state index contributed by atoms with van der Waals surface area (Å²) in [5.74, 6) is 0. The molecule has 2 heteroatoms. The Hall–Kier alpha value is -0.860. The average Bonchev–Trinajstić information content (AvgIpc) is 2.37. The first-order valence-corrected chi connectivity index (χ1v) is 7.06. The number of benzene rings is 1. The molecule has 0 radical (unpaired) electrons. The zero-order chi connectivity index (χ0) is 13.5. The van der Waals surface area contributed by atoms with Crippen LogP contribution in [0.5, 0.6) is 0 Å². The number of nitrogens with zero attached hydrogens (tertiary/aromatic N) is 1. The second-order valence-corrected chi connectivity index (χ2v) is 5.12. The summed E-state index contributed by atoms with van der Waals surface area (Å²) in [5, 5.41) is 10.4. The lowest BCUT2D eigenvalue weighted by atomic mass is 10.0. The van der Waals surface area contributed by atoms with Gasteiger partial charge in [-0.1, -0.05) is 44.0 Å². The number of hydrogen-bond acceptors (Lipinski definition) is 2. The number of unbranched alkanes of at least 4 members (excludes halogenated alkanes) is 1. The highest BCUT2D eigenvalue weighted by molar-refractivity contribution is 5.32. The van der Waals surface area contributed by atoms with Crippen LogP contribution in [0.1, 0.15) is 49.5 Å². The number of aryl methyl sites for hydroxylation is 2. The Morgan fingerprint density at radius 3 is 2.56 bits per heavy atom. The Kier molecular flexibility index (Phi) is 6.37. The average molecular weight is 249 g/mol. The van der Waals surface area contributed by atoms with E-state index in [2.05, 4.69) is 50.8 Å². The lowest BCUT2D eigenvalue weighted by Crippen LogP contribution is -2.29. The lowest BCUT2D eigenvalue weighted by molar-refractivity contribution is 0.114. The van der Waals surface area contributed by atoms with Gasteiger partial charge in [-0.2, -0.15) is 0 Å². The topological polar surface area (TPSA) is 23.5 Å². The van der Waals surface area contributed by atoms with Gasteiger partial charge in [-0.05, 0) is 44.5 Å². The number of likely N-dealkylation sites (N-methyl/N-ethyl adjacent to an activating group) is 1. The fraction of sp³-hybridized carbons (Fsp3) is 0.625. The van der Waals surface area contributed by atoms with Crippen LogP contribution in [0.15, 0.2) is 18.2 Å². The molecule has 1 aromatic carbocycles. The minimum atomic E-state index is -0.373. The predicted molar refractivity (Wildman–Crippen MR) is 77.9 cm³/mol. The smallest absolute Gasteiger partial charge is 0.0919 e. The molecule has 18 heavy (non-hydrogen) atoms. The molecule has 1 N–H and O–H groups in total. The molecule has 0 saturated carbocycles. The number of aliphatic hydroxyl groups is 1. The highest BCUT2D eigenvalue weighted by Crippen LogP contribution is 2.20. The normalized spacial score (nSPS) is 13.0. The molecule has 0 aliphatic carbocycles. The molecule has 0 aromatic heterocycles. The molecule has 0 bridgehead atoms. The Bertz CT molecular complexity index is 362. The molecule has 1 aromatic rings. The van der Waals surface area contributed by atoms with Crippen molar-refractivity contribution >= 4 is 0 Å². The lowest BCUT2D eigenvalue weighted by Gasteiger charge is -2.24. The molecular weight excluding hydrogens is 222 g/mol. The summed E-state index contributed by atoms with van der Waals surface area (Å²) in [6, 6.07) is 6.30. The molecule has 0 aliphatic heterocycles. The second kappa shape index (κ2) is 7.55. The first-order chi connectivity index (χ1) is 8.58. The maximum atomic E-state index is 10.4. The van der Waals surface area contributed by atoms with Crippen LogP contribution < -0.4 is 0 Å². The Morgan fingerprint density at radius 1 is 1.22 bits per heavy atom. The van der Waals surface area contributed by atoms with Crippen LogP contribution in [0.2, 0.25) is 0 Å². The van der Waals surface area contributed by atoms with Crippen LogP contribution in [-0.4, -0.2) is 29.6 Å². The van der Waals surface area contributed by atoms with Crippen molar-refractivity contribution in [1.82, 2.24) is 4.90 Å². The molecular formula is C16H27NO. The van der Waals surface area contributed by atoms with Gasteiger partial charge < -0.3 is 10.0 Å². The van der Waals surface area contributed by atoms with Crippen LogP contribution in [0.3, 0.4) is 0 Å². The first-order valence-electron chi connectivity index (χ1n) is 7.06. The fourth-order valence-corrected chi connectivity index (χ4v) is 2.22. The third-order valence-corrected chi connectivity index (χ3v) is 3.50. The van der Waals surface area contributed by atoms with Crippen LogP contribution in [0, 0.1) is 13.8 Å². The summed E-state index contributed by atoms with van der Waals surface area (Å²) in [6.07, 6.45) is 2.03. The highest BCUT2D eigenvalue weighted by Gasteiger charge is 2.14. The Labute approximate surface area is 112 Å². The number of hydrogen-bond donors (Lipinski definition) is 1. The van der Waals surface area contributed by atoms with Gasteiger partial charge in [0, 0.05) is 6.54 Å². The van der Waals surface area contributed by atoms with Gasteiger partial charge in [0.15, 0.2) is 0 Å². The SMILES string of the molecule is CCCCN(CC)CC(O)c1cc(C)ccc1C. The van der Waals surface area contributed by atoms with Crippen LogP contribution >= 0.6 is 0 Å². The van der Waals surface area contributed by atoms with Crippen molar-refractivity contribution in [2.45, 2.75) is 46.6 Å². The number of aliphatic hydroxyl groups excluding tert-OH is 1. The van der Waals surface area contributed by atoms with Crippen molar-refractivity contribution in [1.29, 1.82) is 0 Å². The molecule has 0 aliphatic rings. The Balaban J connectivity index is 2.67. The third-order valence-electron chi connectivity index (χ3n) is 3.50. The standard InChI is InChI=1S/C16H27NO/c1-5-7-10-17(6-2)12-16(18)15-11-13(3)8-9-14(15)4/h8-9,11,16,18H,5-7,10,12H2,1-4H3. The van der Waals surface area contributed by atoms with Gasteiger partial charge in [-0.25, -0.2) is 0 Å². The van der Waals surface area contributed by atoms with Gasteiger partial charge in [0.25, 0.3) is 0 Å². The van der Waals surface area contributed by atoms with E-state index >= 15 is 0 Å². The van der Waals surface area contributed by atoms with E-state index in [0.717, 1.165) is 25.2 Å². The van der Waals surface area contributed by atoms with E-state index in [-0.39, 0.29) is 6.10 Å². The first kappa shape index (κ1) is 15.2. The minimum Gasteiger partial charge on any atom is -0.387 e. The van der Waals surface area contributed by atoms with E-state index in [1.54, 1.807) is 0 Å². The maximum Gasteiger partial charge on any atom is 0.0919 e. The van der Waals surface area contributed by atoms with Gasteiger partial charge in [-0.3, -0.25) is 0 Å². The third kappa shape index (κ3) is 4.43. The summed E-state index contributed by atoms with van der Waals surface area (Å²) < 4.78 is 0. The molecule has 0 fully saturated rings. The van der Waals surface area contributed by atoms with Gasteiger partial charge in [-0.15, -0.1) is 0 Å². The largest absolute Gasteiger partial charge is 0.387 e. The van der Waals surface area contributed by atoms with Crippen LogP contribution in [0.4, 0.5) is 0 Å². The minimum absolute atomic E-state index is 0.373. The maximum absolute atomic E-state index is 10.4. The molecule has 0 spiro atoms. The molecule has 0 amide bonds. The van der Waals surface area contributed by atoms with Crippen molar-refractivity contribution in [2.24, 2.45) is 0 Å². The summed E-state index contributed by atoms with van der Waals surface area (Å²) >= 11 is 0. The fourth-order valence-electron chi connectivity index (χ4n) is 2.22. The van der Waals surface area contributed by atoms with Crippen molar-refractivity contribution in [2.75, 3.05) is 19.6 Å². The van der Waals surface area contributed by atoms with Gasteiger partial charge >= 0.3 is 0 Å². The van der Waals surface area contributed by atoms with Crippen molar-refractivity contribution in [3.63, 3.8) is 0 Å². The van der Waals surface area contributed by atoms with E-state index in [1.807, 2.05) is 0 Å². The van der Waals surface area contributed by atoms with Crippen molar-refractivity contribution in [3.8, 4) is 0 Å². The molecule has 1 atom stereocenters. The summed E-state index contributed by atoms with van der Waals surface area (Å²) in [5.41, 5.74) is 3.47. The second-order valence-electron chi connectivity index (χ2n) is 5.12. The molecule has 0 saturated heterocycles. The quantitative estimate of drug-likeness (QED) is 0.800. The van der Waals surface area contributed by atoms with E-state index in [4.69, 9.17) is 0 Å². The zero-order valence-electron chi connectivity index (χ0n) is 12.2. The zero-order valence-corrected chi connectivity index (χ0v) is 12.2. The highest BCUT2D eigenvalue weighted by atomic mass is 16.3. The Morgan fingerprint density at radius 2 is 1.94 bits per heavy atom. The van der Waals surface area contributed by atoms with E-state index in [9.17, 15) is 5.11 Å². The van der Waals surface area contributed by atoms with Gasteiger partial charge in [0.2, 0.25) is 0 Å². The van der Waals surface area contributed by atoms with Crippen molar-refractivity contribution < 1.29 is 5.11 Å². The summed E-state index contributed by atoms with van der Waals surface area (Å²) in [6.45, 7) is 11.3. The van der Waals surface area contributed by atoms with E-state index in [0.29, 0.717) is 0 Å². The summed E-state index contributed by atoms with van der Waals surface area (Å²) in [7, 11) is 0. The van der Waals surface area contributed by atoms with Crippen LogP contribution in [-0.2, 0) is 0 Å². The van der Waals surface area contributed by atoms with Gasteiger partial charge in [0.1, 0.15) is 0 Å². The van der Waals surface area contributed by atoms with Crippen molar-refractivity contribution in [3.05, 3.63) is 34.9 Å². The van der Waals surface area contributed by atoms with E-state index in [1.165, 1.54) is 24.0 Å². The monoisotopic (exact) mass is 249 g/mol. The molecule has 0 heterocycles. The number of rotatable bonds is 7. The molecule has 1 unspecified atom stereocenters. The molecule has 102 valence electrons.